The summed E-state index contributed by atoms with van der Waals surface area (Å²) >= 11 is 12.3. The second kappa shape index (κ2) is 8.79. The van der Waals surface area contributed by atoms with Gasteiger partial charge in [-0.3, -0.25) is 0 Å². The Morgan fingerprint density at radius 3 is 2.56 bits per heavy atom. The largest absolute Gasteiger partial charge is 0.490 e. The fourth-order valence-corrected chi connectivity index (χ4v) is 2.75. The lowest BCUT2D eigenvalue weighted by Gasteiger charge is -2.16. The normalized spacial score (nSPS) is 10.6. The Morgan fingerprint density at radius 2 is 1.89 bits per heavy atom. The molecule has 1 aromatic heterocycles. The Bertz CT molecular complexity index is 901. The van der Waals surface area contributed by atoms with Gasteiger partial charge in [-0.1, -0.05) is 40.4 Å². The molecule has 3 N–H and O–H groups in total. The quantitative estimate of drug-likeness (QED) is 0.589. The van der Waals surface area contributed by atoms with Gasteiger partial charge in [0.1, 0.15) is 6.61 Å². The van der Waals surface area contributed by atoms with Crippen LogP contribution in [-0.4, -0.2) is 26.9 Å². The number of halogens is 2. The summed E-state index contributed by atoms with van der Waals surface area (Å²) in [6.45, 7) is 3.11. The number of nitrogens with two attached hydrogens (primary N) is 1. The summed E-state index contributed by atoms with van der Waals surface area (Å²) < 4.78 is 11.6. The molecule has 10 heteroatoms. The van der Waals surface area contributed by atoms with Gasteiger partial charge in [0, 0.05) is 5.02 Å². The highest BCUT2D eigenvalue weighted by Gasteiger charge is 2.13. The Balaban J connectivity index is 1.74. The van der Waals surface area contributed by atoms with Crippen molar-refractivity contribution < 1.29 is 9.47 Å². The zero-order chi connectivity index (χ0) is 19.2. The molecule has 0 aliphatic heterocycles. The summed E-state index contributed by atoms with van der Waals surface area (Å²) in [7, 11) is 0. The van der Waals surface area contributed by atoms with Gasteiger partial charge >= 0.3 is 0 Å². The van der Waals surface area contributed by atoms with Crippen molar-refractivity contribution >= 4 is 29.2 Å². The Labute approximate surface area is 166 Å². The van der Waals surface area contributed by atoms with Crippen molar-refractivity contribution in [3.8, 4) is 11.5 Å². The van der Waals surface area contributed by atoms with E-state index in [0.717, 1.165) is 11.1 Å². The van der Waals surface area contributed by atoms with E-state index in [1.807, 2.05) is 37.3 Å². The van der Waals surface area contributed by atoms with E-state index in [0.29, 0.717) is 41.3 Å². The highest BCUT2D eigenvalue weighted by atomic mass is 35.5. The monoisotopic (exact) mass is 408 g/mol. The fraction of sp³-hybridized carbons (Fsp3) is 0.235. The van der Waals surface area contributed by atoms with Crippen molar-refractivity contribution in [3.63, 3.8) is 0 Å². The van der Waals surface area contributed by atoms with Crippen molar-refractivity contribution in [2.75, 3.05) is 17.8 Å². The molecular weight excluding hydrogens is 391 g/mol. The molecule has 0 amide bonds. The molecule has 0 aliphatic carbocycles. The van der Waals surface area contributed by atoms with E-state index in [2.05, 4.69) is 21.0 Å². The molecule has 0 saturated carbocycles. The molecule has 0 bridgehead atoms. The van der Waals surface area contributed by atoms with E-state index in [1.54, 1.807) is 6.07 Å². The second-order valence-electron chi connectivity index (χ2n) is 5.54. The minimum atomic E-state index is 0.161. The minimum absolute atomic E-state index is 0.161. The van der Waals surface area contributed by atoms with Crippen molar-refractivity contribution in [3.05, 3.63) is 57.6 Å². The smallest absolute Gasteiger partial charge is 0.260 e. The first-order valence-electron chi connectivity index (χ1n) is 8.17. The predicted octanol–water partition coefficient (Wildman–Crippen LogP) is 3.28. The standard InChI is InChI=1S/C17H18Cl2N6O2/c1-2-26-15-8-12(9-21-25-17(20)22-23-24-25)7-14(19)16(15)27-10-11-3-5-13(18)6-4-11/h3-8,21H,2,9-10H2,1H3,(H2,20,22,24). The van der Waals surface area contributed by atoms with Crippen LogP contribution in [0.25, 0.3) is 0 Å². The zero-order valence-corrected chi connectivity index (χ0v) is 16.0. The number of tetrazole rings is 1. The van der Waals surface area contributed by atoms with Crippen LogP contribution in [0.5, 0.6) is 11.5 Å². The number of ether oxygens (including phenoxy) is 2. The molecule has 1 heterocycles. The number of anilines is 1. The number of benzene rings is 2. The molecule has 0 radical (unpaired) electrons. The second-order valence-corrected chi connectivity index (χ2v) is 6.38. The summed E-state index contributed by atoms with van der Waals surface area (Å²) in [4.78, 5) is 1.28. The van der Waals surface area contributed by atoms with Gasteiger partial charge < -0.3 is 20.6 Å². The number of aromatic nitrogens is 4. The van der Waals surface area contributed by atoms with E-state index >= 15 is 0 Å². The summed E-state index contributed by atoms with van der Waals surface area (Å²) in [5.74, 6) is 1.20. The highest BCUT2D eigenvalue weighted by molar-refractivity contribution is 6.32. The van der Waals surface area contributed by atoms with E-state index in [4.69, 9.17) is 38.4 Å². The van der Waals surface area contributed by atoms with Crippen LogP contribution < -0.4 is 20.6 Å². The predicted molar refractivity (Wildman–Crippen MR) is 104 cm³/mol. The van der Waals surface area contributed by atoms with Gasteiger partial charge in [0.05, 0.1) is 18.2 Å². The van der Waals surface area contributed by atoms with Crippen molar-refractivity contribution in [2.24, 2.45) is 0 Å². The van der Waals surface area contributed by atoms with Crippen LogP contribution in [0.1, 0.15) is 18.1 Å². The van der Waals surface area contributed by atoms with Crippen molar-refractivity contribution in [1.82, 2.24) is 20.3 Å². The van der Waals surface area contributed by atoms with Crippen LogP contribution in [0, 0.1) is 0 Å². The molecule has 27 heavy (non-hydrogen) atoms. The average Bonchev–Trinajstić information content (AvgIpc) is 3.06. The number of rotatable bonds is 8. The lowest BCUT2D eigenvalue weighted by molar-refractivity contribution is 0.269. The molecule has 3 rings (SSSR count). The summed E-state index contributed by atoms with van der Waals surface area (Å²) in [5.41, 5.74) is 10.4. The molecular formula is C17H18Cl2N6O2. The maximum atomic E-state index is 6.43. The highest BCUT2D eigenvalue weighted by Crippen LogP contribution is 2.37. The SMILES string of the molecule is CCOc1cc(CNn2nnnc2N)cc(Cl)c1OCc1ccc(Cl)cc1. The van der Waals surface area contributed by atoms with Crippen LogP contribution in [0.15, 0.2) is 36.4 Å². The van der Waals surface area contributed by atoms with Gasteiger partial charge in [-0.05, 0) is 52.7 Å². The number of hydrogen-bond donors (Lipinski definition) is 2. The summed E-state index contributed by atoms with van der Waals surface area (Å²) in [6.07, 6.45) is 0. The molecule has 0 atom stereocenters. The topological polar surface area (TPSA) is 100 Å². The lowest BCUT2D eigenvalue weighted by atomic mass is 10.2. The first kappa shape index (κ1) is 19.1. The minimum Gasteiger partial charge on any atom is -0.490 e. The van der Waals surface area contributed by atoms with Crippen LogP contribution in [-0.2, 0) is 13.2 Å². The Kier molecular flexibility index (Phi) is 6.20. The summed E-state index contributed by atoms with van der Waals surface area (Å²) in [5, 5.41) is 11.9. The molecule has 0 fully saturated rings. The van der Waals surface area contributed by atoms with Crippen LogP contribution >= 0.6 is 23.2 Å². The third-order valence-electron chi connectivity index (χ3n) is 3.59. The van der Waals surface area contributed by atoms with Crippen LogP contribution in [0.4, 0.5) is 5.95 Å². The Morgan fingerprint density at radius 1 is 1.11 bits per heavy atom. The molecule has 0 unspecified atom stereocenters. The van der Waals surface area contributed by atoms with Crippen LogP contribution in [0.3, 0.4) is 0 Å². The maximum Gasteiger partial charge on any atom is 0.260 e. The van der Waals surface area contributed by atoms with Gasteiger partial charge in [-0.2, -0.15) is 0 Å². The molecule has 3 aromatic rings. The third kappa shape index (κ3) is 4.93. The van der Waals surface area contributed by atoms with Gasteiger partial charge in [0.2, 0.25) is 0 Å². The molecule has 8 nitrogen and oxygen atoms in total. The molecule has 2 aromatic carbocycles. The fourth-order valence-electron chi connectivity index (χ4n) is 2.34. The zero-order valence-electron chi connectivity index (χ0n) is 14.5. The number of hydrogen-bond acceptors (Lipinski definition) is 7. The maximum absolute atomic E-state index is 6.43. The van der Waals surface area contributed by atoms with Crippen LogP contribution in [0.2, 0.25) is 10.0 Å². The third-order valence-corrected chi connectivity index (χ3v) is 4.12. The van der Waals surface area contributed by atoms with Gasteiger partial charge in [-0.15, -0.1) is 4.79 Å². The lowest BCUT2D eigenvalue weighted by Crippen LogP contribution is -2.18. The molecule has 0 spiro atoms. The first-order chi connectivity index (χ1) is 13.1. The molecule has 0 saturated heterocycles. The van der Waals surface area contributed by atoms with E-state index < -0.39 is 0 Å². The Hall–Kier alpha value is -2.71. The number of nitrogens with zero attached hydrogens (tertiary/aromatic N) is 4. The first-order valence-corrected chi connectivity index (χ1v) is 8.92. The number of nitrogens with one attached hydrogen (secondary N) is 1. The molecule has 0 aliphatic rings. The van der Waals surface area contributed by atoms with E-state index in [1.165, 1.54) is 4.79 Å². The number of nitrogen functional groups attached to an aromatic ring is 1. The van der Waals surface area contributed by atoms with Crippen molar-refractivity contribution in [1.29, 1.82) is 0 Å². The van der Waals surface area contributed by atoms with E-state index in [9.17, 15) is 0 Å². The van der Waals surface area contributed by atoms with Gasteiger partial charge in [-0.25, -0.2) is 0 Å². The summed E-state index contributed by atoms with van der Waals surface area (Å²) in [6, 6.07) is 11.0. The van der Waals surface area contributed by atoms with Gasteiger partial charge in [0.15, 0.2) is 11.5 Å². The van der Waals surface area contributed by atoms with Crippen molar-refractivity contribution in [2.45, 2.75) is 20.1 Å². The van der Waals surface area contributed by atoms with E-state index in [-0.39, 0.29) is 5.95 Å². The van der Waals surface area contributed by atoms with Gasteiger partial charge in [0.25, 0.3) is 5.95 Å². The molecule has 142 valence electrons. The average molecular weight is 409 g/mol.